The van der Waals surface area contributed by atoms with Crippen molar-refractivity contribution in [3.63, 3.8) is 0 Å². The number of methoxy groups -OCH3 is 1. The second-order valence-electron chi connectivity index (χ2n) is 6.79. The molecule has 0 saturated heterocycles. The van der Waals surface area contributed by atoms with Gasteiger partial charge in [0.05, 0.1) is 12.6 Å². The lowest BCUT2D eigenvalue weighted by Crippen LogP contribution is -2.26. The number of aromatic nitrogens is 3. The predicted octanol–water partition coefficient (Wildman–Crippen LogP) is 2.75. The van der Waals surface area contributed by atoms with Crippen LogP contribution in [0.3, 0.4) is 0 Å². The Bertz CT molecular complexity index is 1210. The maximum atomic E-state index is 12.8. The Hall–Kier alpha value is -3.61. The smallest absolute Gasteiger partial charge is 0.276 e. The number of aryl methyl sites for hydroxylation is 1. The van der Waals surface area contributed by atoms with Gasteiger partial charge in [0.25, 0.3) is 5.56 Å². The summed E-state index contributed by atoms with van der Waals surface area (Å²) in [6.45, 7) is 0.896. The molecule has 0 atom stereocenters. The van der Waals surface area contributed by atoms with Crippen LogP contribution in [0.25, 0.3) is 16.7 Å². The van der Waals surface area contributed by atoms with Crippen molar-refractivity contribution in [2.24, 2.45) is 0 Å². The highest BCUT2D eigenvalue weighted by atomic mass is 16.5. The summed E-state index contributed by atoms with van der Waals surface area (Å²) in [5, 5.41) is 2.91. The van der Waals surface area contributed by atoms with E-state index < -0.39 is 0 Å². The van der Waals surface area contributed by atoms with Gasteiger partial charge in [0, 0.05) is 31.9 Å². The van der Waals surface area contributed by atoms with E-state index in [0.717, 1.165) is 16.8 Å². The van der Waals surface area contributed by atoms with Crippen molar-refractivity contribution < 1.29 is 9.53 Å². The molecule has 7 nitrogen and oxygen atoms in total. The molecule has 0 saturated carbocycles. The number of hydrogen-bond donors (Lipinski definition) is 1. The molecule has 1 aromatic carbocycles. The van der Waals surface area contributed by atoms with E-state index in [9.17, 15) is 9.59 Å². The number of amides is 1. The molecule has 3 heterocycles. The van der Waals surface area contributed by atoms with Crippen LogP contribution in [0, 0.1) is 0 Å². The number of pyridine rings is 1. The van der Waals surface area contributed by atoms with Crippen molar-refractivity contribution >= 4 is 22.6 Å². The zero-order valence-electron chi connectivity index (χ0n) is 16.2. The van der Waals surface area contributed by atoms with Gasteiger partial charge in [-0.1, -0.05) is 12.1 Å². The van der Waals surface area contributed by atoms with E-state index >= 15 is 0 Å². The second kappa shape index (κ2) is 8.18. The lowest BCUT2D eigenvalue weighted by molar-refractivity contribution is -0.121. The third-order valence-electron chi connectivity index (χ3n) is 4.93. The first-order valence-corrected chi connectivity index (χ1v) is 9.51. The summed E-state index contributed by atoms with van der Waals surface area (Å²) in [6.07, 6.45) is 4.42. The third kappa shape index (κ3) is 3.85. The SMILES string of the molecule is COc1ccc(CNC(=O)CCCn2c(=O)c3cccn3c3cccnc32)cc1. The molecule has 148 valence electrons. The molecule has 0 bridgehead atoms. The first kappa shape index (κ1) is 18.7. The molecule has 1 amide bonds. The van der Waals surface area contributed by atoms with Crippen molar-refractivity contribution in [3.05, 3.63) is 76.8 Å². The van der Waals surface area contributed by atoms with Crippen molar-refractivity contribution in [1.82, 2.24) is 19.3 Å². The molecular weight excluding hydrogens is 368 g/mol. The van der Waals surface area contributed by atoms with Crippen molar-refractivity contribution in [3.8, 4) is 5.75 Å². The summed E-state index contributed by atoms with van der Waals surface area (Å²) in [4.78, 5) is 29.4. The summed E-state index contributed by atoms with van der Waals surface area (Å²) < 4.78 is 8.63. The maximum absolute atomic E-state index is 12.8. The Morgan fingerprint density at radius 1 is 1.10 bits per heavy atom. The summed E-state index contributed by atoms with van der Waals surface area (Å²) in [5.41, 5.74) is 3.01. The topological polar surface area (TPSA) is 77.6 Å². The van der Waals surface area contributed by atoms with Crippen LogP contribution in [0.1, 0.15) is 18.4 Å². The Labute approximate surface area is 167 Å². The largest absolute Gasteiger partial charge is 0.497 e. The molecule has 29 heavy (non-hydrogen) atoms. The number of carbonyl (C=O) groups excluding carboxylic acids is 1. The molecule has 7 heteroatoms. The van der Waals surface area contributed by atoms with Gasteiger partial charge in [0.15, 0.2) is 5.65 Å². The van der Waals surface area contributed by atoms with Crippen molar-refractivity contribution in [2.75, 3.05) is 7.11 Å². The minimum atomic E-state index is -0.0974. The Morgan fingerprint density at radius 3 is 2.69 bits per heavy atom. The van der Waals surface area contributed by atoms with Crippen LogP contribution in [0.2, 0.25) is 0 Å². The van der Waals surface area contributed by atoms with E-state index in [1.807, 2.05) is 53.1 Å². The summed E-state index contributed by atoms with van der Waals surface area (Å²) in [7, 11) is 1.62. The number of nitrogens with one attached hydrogen (secondary N) is 1. The summed E-state index contributed by atoms with van der Waals surface area (Å²) in [5.74, 6) is 0.737. The molecule has 0 spiro atoms. The zero-order chi connectivity index (χ0) is 20.2. The van der Waals surface area contributed by atoms with Crippen molar-refractivity contribution in [2.45, 2.75) is 25.9 Å². The fourth-order valence-electron chi connectivity index (χ4n) is 3.42. The van der Waals surface area contributed by atoms with Gasteiger partial charge in [-0.3, -0.25) is 14.2 Å². The van der Waals surface area contributed by atoms with Gasteiger partial charge in [0.2, 0.25) is 5.91 Å². The van der Waals surface area contributed by atoms with Gasteiger partial charge in [0.1, 0.15) is 11.3 Å². The number of nitrogens with zero attached hydrogens (tertiary/aromatic N) is 3. The minimum absolute atomic E-state index is 0.0464. The molecule has 0 aliphatic heterocycles. The predicted molar refractivity (Wildman–Crippen MR) is 111 cm³/mol. The van der Waals surface area contributed by atoms with E-state index in [4.69, 9.17) is 4.74 Å². The second-order valence-corrected chi connectivity index (χ2v) is 6.79. The Kier molecular flexibility index (Phi) is 5.29. The number of ether oxygens (including phenoxy) is 1. The normalized spacial score (nSPS) is 11.1. The molecule has 4 rings (SSSR count). The number of benzene rings is 1. The van der Waals surface area contributed by atoms with Gasteiger partial charge >= 0.3 is 0 Å². The van der Waals surface area contributed by atoms with Gasteiger partial charge in [-0.2, -0.15) is 0 Å². The average molecular weight is 390 g/mol. The maximum Gasteiger partial charge on any atom is 0.276 e. The monoisotopic (exact) mass is 390 g/mol. The van der Waals surface area contributed by atoms with Crippen LogP contribution < -0.4 is 15.6 Å². The van der Waals surface area contributed by atoms with E-state index in [0.29, 0.717) is 37.1 Å². The lowest BCUT2D eigenvalue weighted by atomic mass is 10.2. The van der Waals surface area contributed by atoms with Crippen LogP contribution in [0.15, 0.2) is 65.7 Å². The van der Waals surface area contributed by atoms with E-state index in [1.165, 1.54) is 0 Å². The molecule has 1 N–H and O–H groups in total. The molecule has 0 aliphatic rings. The van der Waals surface area contributed by atoms with E-state index in [1.54, 1.807) is 23.9 Å². The fraction of sp³-hybridized carbons (Fsp3) is 0.227. The molecule has 0 fully saturated rings. The average Bonchev–Trinajstić information content (AvgIpc) is 3.25. The van der Waals surface area contributed by atoms with Gasteiger partial charge in [-0.05, 0) is 48.4 Å². The van der Waals surface area contributed by atoms with Gasteiger partial charge in [-0.25, -0.2) is 4.98 Å². The fourth-order valence-corrected chi connectivity index (χ4v) is 3.42. The first-order chi connectivity index (χ1) is 14.2. The quantitative estimate of drug-likeness (QED) is 0.526. The van der Waals surface area contributed by atoms with Crippen LogP contribution in [-0.4, -0.2) is 27.0 Å². The molecular formula is C22H22N4O3. The first-order valence-electron chi connectivity index (χ1n) is 9.51. The minimum Gasteiger partial charge on any atom is -0.497 e. The summed E-state index contributed by atoms with van der Waals surface area (Å²) >= 11 is 0. The van der Waals surface area contributed by atoms with Crippen molar-refractivity contribution in [1.29, 1.82) is 0 Å². The van der Waals surface area contributed by atoms with Crippen LogP contribution in [-0.2, 0) is 17.9 Å². The number of hydrogen-bond acceptors (Lipinski definition) is 4. The summed E-state index contributed by atoms with van der Waals surface area (Å²) in [6, 6.07) is 15.0. The third-order valence-corrected chi connectivity index (χ3v) is 4.93. The van der Waals surface area contributed by atoms with Crippen LogP contribution >= 0.6 is 0 Å². The van der Waals surface area contributed by atoms with Crippen LogP contribution in [0.5, 0.6) is 5.75 Å². The molecule has 4 aromatic rings. The van der Waals surface area contributed by atoms with Gasteiger partial charge < -0.3 is 14.5 Å². The molecule has 0 aliphatic carbocycles. The highest BCUT2D eigenvalue weighted by molar-refractivity contribution is 5.76. The highest BCUT2D eigenvalue weighted by Crippen LogP contribution is 2.14. The van der Waals surface area contributed by atoms with E-state index in [-0.39, 0.29) is 11.5 Å². The lowest BCUT2D eigenvalue weighted by Gasteiger charge is -2.11. The molecule has 3 aromatic heterocycles. The number of carbonyl (C=O) groups is 1. The zero-order valence-corrected chi connectivity index (χ0v) is 16.2. The Balaban J connectivity index is 1.41. The molecule has 0 radical (unpaired) electrons. The number of fused-ring (bicyclic) bond motifs is 3. The van der Waals surface area contributed by atoms with E-state index in [2.05, 4.69) is 10.3 Å². The standard InChI is InChI=1S/C22H22N4O3/c1-29-17-10-8-16(9-11-17)15-24-20(27)7-4-14-26-21-18(5-2-12-23-21)25-13-3-6-19(25)22(26)28/h2-3,5-6,8-13H,4,7,14-15H2,1H3,(H,24,27). The van der Waals surface area contributed by atoms with Crippen LogP contribution in [0.4, 0.5) is 0 Å². The highest BCUT2D eigenvalue weighted by Gasteiger charge is 2.11. The number of rotatable bonds is 7. The van der Waals surface area contributed by atoms with Gasteiger partial charge in [-0.15, -0.1) is 0 Å². The molecule has 0 unspecified atom stereocenters. The Morgan fingerprint density at radius 2 is 1.90 bits per heavy atom.